The molecule has 1 atom stereocenters. The van der Waals surface area contributed by atoms with E-state index in [4.69, 9.17) is 11.0 Å². The number of aromatic nitrogens is 4. The first-order chi connectivity index (χ1) is 14.8. The summed E-state index contributed by atoms with van der Waals surface area (Å²) < 4.78 is 84.5. The van der Waals surface area contributed by atoms with E-state index >= 15 is 0 Å². The Morgan fingerprint density at radius 2 is 1.81 bits per heavy atom. The topological polar surface area (TPSA) is 103 Å². The van der Waals surface area contributed by atoms with E-state index in [1.54, 1.807) is 0 Å². The van der Waals surface area contributed by atoms with Crippen LogP contribution in [0.5, 0.6) is 0 Å². The molecule has 1 aliphatic rings. The van der Waals surface area contributed by atoms with Crippen LogP contribution in [0.4, 0.5) is 26.3 Å². The summed E-state index contributed by atoms with van der Waals surface area (Å²) in [5.74, 6) is 0. The van der Waals surface area contributed by atoms with Crippen LogP contribution in [0.15, 0.2) is 29.3 Å². The highest BCUT2D eigenvalue weighted by Crippen LogP contribution is 2.45. The van der Waals surface area contributed by atoms with Crippen molar-refractivity contribution >= 4 is 11.0 Å². The first-order valence-electron chi connectivity index (χ1n) is 9.22. The van der Waals surface area contributed by atoms with E-state index < -0.39 is 51.4 Å². The highest BCUT2D eigenvalue weighted by Gasteiger charge is 2.58. The highest BCUT2D eigenvalue weighted by molar-refractivity contribution is 5.78. The second-order valence-electron chi connectivity index (χ2n) is 7.53. The van der Waals surface area contributed by atoms with Gasteiger partial charge in [0.05, 0.1) is 29.2 Å². The Kier molecular flexibility index (Phi) is 4.63. The van der Waals surface area contributed by atoms with Gasteiger partial charge in [-0.3, -0.25) is 14.0 Å². The molecular formula is C19H14F6N6O. The summed E-state index contributed by atoms with van der Waals surface area (Å²) in [6, 6.07) is 2.53. The molecule has 168 valence electrons. The van der Waals surface area contributed by atoms with Crippen LogP contribution in [0, 0.1) is 11.3 Å². The number of benzene rings is 1. The molecule has 3 aromatic rings. The fraction of sp³-hybridized carbons (Fsp3) is 0.368. The number of halogens is 6. The molecule has 13 heteroatoms. The van der Waals surface area contributed by atoms with E-state index in [9.17, 15) is 31.1 Å². The van der Waals surface area contributed by atoms with Crippen LogP contribution in [0.25, 0.3) is 11.0 Å². The molecule has 0 saturated heterocycles. The van der Waals surface area contributed by atoms with Gasteiger partial charge in [-0.05, 0) is 30.5 Å². The monoisotopic (exact) mass is 456 g/mol. The average Bonchev–Trinajstić information content (AvgIpc) is 3.47. The zero-order chi connectivity index (χ0) is 23.6. The fourth-order valence-corrected chi connectivity index (χ4v) is 3.69. The molecule has 0 bridgehead atoms. The first-order valence-corrected chi connectivity index (χ1v) is 9.22. The van der Waals surface area contributed by atoms with Gasteiger partial charge in [-0.2, -0.15) is 36.7 Å². The van der Waals surface area contributed by atoms with Gasteiger partial charge >= 0.3 is 12.4 Å². The molecule has 0 unspecified atom stereocenters. The summed E-state index contributed by atoms with van der Waals surface area (Å²) in [6.07, 6.45) is -7.64. The maximum Gasteiger partial charge on any atom is 0.417 e. The Morgan fingerprint density at radius 1 is 1.16 bits per heavy atom. The molecule has 7 nitrogen and oxygen atoms in total. The third-order valence-corrected chi connectivity index (χ3v) is 5.43. The number of nitriles is 1. The number of rotatable bonds is 3. The van der Waals surface area contributed by atoms with E-state index in [1.165, 1.54) is 10.6 Å². The summed E-state index contributed by atoms with van der Waals surface area (Å²) in [4.78, 5) is 16.7. The minimum absolute atomic E-state index is 0.108. The molecule has 1 fully saturated rings. The predicted molar refractivity (Wildman–Crippen MR) is 98.2 cm³/mol. The fourth-order valence-electron chi connectivity index (χ4n) is 3.69. The molecule has 2 heterocycles. The maximum atomic E-state index is 14.4. The Hall–Kier alpha value is -3.40. The molecule has 4 rings (SSSR count). The lowest BCUT2D eigenvalue weighted by Crippen LogP contribution is -2.52. The van der Waals surface area contributed by atoms with E-state index in [0.717, 1.165) is 30.9 Å². The van der Waals surface area contributed by atoms with Gasteiger partial charge in [0.2, 0.25) is 0 Å². The summed E-state index contributed by atoms with van der Waals surface area (Å²) in [7, 11) is 1.13. The van der Waals surface area contributed by atoms with Gasteiger partial charge in [-0.1, -0.05) is 6.07 Å². The molecule has 0 amide bonds. The summed E-state index contributed by atoms with van der Waals surface area (Å²) in [5, 5.41) is 13.0. The number of aryl methyl sites for hydroxylation is 1. The summed E-state index contributed by atoms with van der Waals surface area (Å²) in [5.41, 5.74) is -2.95. The minimum Gasteiger partial charge on any atom is -0.309 e. The number of alkyl halides is 6. The lowest BCUT2D eigenvalue weighted by molar-refractivity contribution is -0.178. The third-order valence-electron chi connectivity index (χ3n) is 5.43. The summed E-state index contributed by atoms with van der Waals surface area (Å²) >= 11 is 0. The molecule has 2 aromatic heterocycles. The predicted octanol–water partition coefficient (Wildman–Crippen LogP) is 3.12. The van der Waals surface area contributed by atoms with Crippen LogP contribution in [0.2, 0.25) is 0 Å². The van der Waals surface area contributed by atoms with Gasteiger partial charge in [-0.25, -0.2) is 4.98 Å². The Bertz CT molecular complexity index is 1330. The van der Waals surface area contributed by atoms with Gasteiger partial charge in [0, 0.05) is 13.1 Å². The Labute approximate surface area is 175 Å². The number of hydrogen-bond donors (Lipinski definition) is 1. The van der Waals surface area contributed by atoms with Crippen molar-refractivity contribution in [2.24, 2.45) is 12.8 Å². The lowest BCUT2D eigenvalue weighted by Gasteiger charge is -2.32. The molecule has 32 heavy (non-hydrogen) atoms. The average molecular weight is 456 g/mol. The zero-order valence-electron chi connectivity index (χ0n) is 16.3. The second-order valence-corrected chi connectivity index (χ2v) is 7.53. The van der Waals surface area contributed by atoms with Crippen LogP contribution in [0.3, 0.4) is 0 Å². The quantitative estimate of drug-likeness (QED) is 0.611. The number of nitrogens with two attached hydrogens (primary N) is 1. The molecule has 1 aliphatic carbocycles. The SMILES string of the molecule is Cn1nc2c(=O)n(C3CC3)cnc2c1[C@](N)(c1ccc(C(F)(F)F)c(C#N)c1)C(F)(F)F. The van der Waals surface area contributed by atoms with Gasteiger partial charge in [0.1, 0.15) is 5.52 Å². The van der Waals surface area contributed by atoms with Gasteiger partial charge in [-0.15, -0.1) is 0 Å². The van der Waals surface area contributed by atoms with Crippen LogP contribution < -0.4 is 11.3 Å². The third kappa shape index (κ3) is 3.13. The van der Waals surface area contributed by atoms with Crippen LogP contribution in [0.1, 0.15) is 41.3 Å². The van der Waals surface area contributed by atoms with Crippen molar-refractivity contribution in [1.29, 1.82) is 5.26 Å². The van der Waals surface area contributed by atoms with Gasteiger partial charge in [0.15, 0.2) is 11.1 Å². The van der Waals surface area contributed by atoms with E-state index in [2.05, 4.69) is 10.1 Å². The molecule has 1 aromatic carbocycles. The van der Waals surface area contributed by atoms with Crippen molar-refractivity contribution in [3.63, 3.8) is 0 Å². The maximum absolute atomic E-state index is 14.4. The standard InChI is InChI=1S/C19H14F6N6O/c1-30-15(13-14(29-30)16(32)31(8-28-13)11-3-4-11)17(27,19(23,24)25)10-2-5-12(18(20,21)22)9(6-10)7-26/h2,5-6,8,11H,3-4,27H2,1H3/t17-/m1/s1. The smallest absolute Gasteiger partial charge is 0.309 e. The van der Waals surface area contributed by atoms with E-state index in [0.29, 0.717) is 18.2 Å². The van der Waals surface area contributed by atoms with E-state index in [-0.39, 0.29) is 11.6 Å². The molecule has 0 radical (unpaired) electrons. The Balaban J connectivity index is 2.01. The zero-order valence-corrected chi connectivity index (χ0v) is 16.3. The van der Waals surface area contributed by atoms with Crippen LogP contribution in [-0.4, -0.2) is 25.5 Å². The molecule has 1 saturated carbocycles. The number of hydrogen-bond acceptors (Lipinski definition) is 5. The van der Waals surface area contributed by atoms with Crippen molar-refractivity contribution in [2.45, 2.75) is 36.8 Å². The molecule has 0 spiro atoms. The lowest BCUT2D eigenvalue weighted by atomic mass is 9.84. The van der Waals surface area contributed by atoms with Crippen molar-refractivity contribution in [3.05, 3.63) is 57.3 Å². The Morgan fingerprint density at radius 3 is 2.34 bits per heavy atom. The first kappa shape index (κ1) is 21.8. The van der Waals surface area contributed by atoms with Gasteiger partial charge < -0.3 is 5.73 Å². The number of fused-ring (bicyclic) bond motifs is 1. The van der Waals surface area contributed by atoms with Crippen molar-refractivity contribution in [2.75, 3.05) is 0 Å². The highest BCUT2D eigenvalue weighted by atomic mass is 19.4. The van der Waals surface area contributed by atoms with E-state index in [1.807, 2.05) is 0 Å². The minimum atomic E-state index is -5.24. The van der Waals surface area contributed by atoms with Crippen molar-refractivity contribution < 1.29 is 26.3 Å². The van der Waals surface area contributed by atoms with Crippen LogP contribution in [-0.2, 0) is 18.8 Å². The second kappa shape index (κ2) is 6.80. The van der Waals surface area contributed by atoms with Crippen LogP contribution >= 0.6 is 0 Å². The molecular weight excluding hydrogens is 442 g/mol. The van der Waals surface area contributed by atoms with Crippen molar-refractivity contribution in [1.82, 2.24) is 19.3 Å². The molecule has 2 N–H and O–H groups in total. The van der Waals surface area contributed by atoms with Crippen molar-refractivity contribution in [3.8, 4) is 6.07 Å². The normalized spacial score (nSPS) is 16.7. The largest absolute Gasteiger partial charge is 0.417 e. The summed E-state index contributed by atoms with van der Waals surface area (Å²) in [6.45, 7) is 0. The van der Waals surface area contributed by atoms with Gasteiger partial charge in [0.25, 0.3) is 5.56 Å². The number of nitrogens with zero attached hydrogens (tertiary/aromatic N) is 5. The molecule has 0 aliphatic heterocycles.